The molecule has 1 aliphatic heterocycles. The van der Waals surface area contributed by atoms with Gasteiger partial charge in [-0.25, -0.2) is 0 Å². The Bertz CT molecular complexity index is 179. The normalized spacial score (nSPS) is 18.6. The van der Waals surface area contributed by atoms with Gasteiger partial charge in [-0.3, -0.25) is 4.79 Å². The zero-order valence-corrected chi connectivity index (χ0v) is 9.42. The molecular formula is C10H18ClNO2. The van der Waals surface area contributed by atoms with Gasteiger partial charge in [0.15, 0.2) is 0 Å². The molecule has 1 rings (SSSR count). The van der Waals surface area contributed by atoms with Crippen LogP contribution in [0.3, 0.4) is 0 Å². The SMILES string of the molecule is COCCC1CCN(C(=O)CCl)CC1. The third kappa shape index (κ3) is 3.46. The lowest BCUT2D eigenvalue weighted by Gasteiger charge is -2.31. The number of hydrogen-bond acceptors (Lipinski definition) is 2. The number of carbonyl (C=O) groups is 1. The first-order valence-corrected chi connectivity index (χ1v) is 5.64. The van der Waals surface area contributed by atoms with Crippen LogP contribution in [-0.4, -0.2) is 43.5 Å². The van der Waals surface area contributed by atoms with Gasteiger partial charge in [0.2, 0.25) is 5.91 Å². The summed E-state index contributed by atoms with van der Waals surface area (Å²) in [7, 11) is 1.73. The average molecular weight is 220 g/mol. The lowest BCUT2D eigenvalue weighted by atomic mass is 9.94. The first-order valence-electron chi connectivity index (χ1n) is 5.10. The number of nitrogens with zero attached hydrogens (tertiary/aromatic N) is 1. The van der Waals surface area contributed by atoms with E-state index in [1.165, 1.54) is 0 Å². The molecule has 1 aliphatic rings. The summed E-state index contributed by atoms with van der Waals surface area (Å²) in [6, 6.07) is 0. The van der Waals surface area contributed by atoms with Crippen LogP contribution in [0, 0.1) is 5.92 Å². The number of amides is 1. The molecule has 0 atom stereocenters. The highest BCUT2D eigenvalue weighted by atomic mass is 35.5. The van der Waals surface area contributed by atoms with E-state index in [0.29, 0.717) is 5.92 Å². The van der Waals surface area contributed by atoms with Crippen LogP contribution in [0.4, 0.5) is 0 Å². The van der Waals surface area contributed by atoms with Crippen molar-refractivity contribution in [2.24, 2.45) is 5.92 Å². The van der Waals surface area contributed by atoms with Crippen molar-refractivity contribution < 1.29 is 9.53 Å². The van der Waals surface area contributed by atoms with Gasteiger partial charge in [-0.15, -0.1) is 11.6 Å². The van der Waals surface area contributed by atoms with E-state index in [0.717, 1.165) is 39.0 Å². The summed E-state index contributed by atoms with van der Waals surface area (Å²) in [5, 5.41) is 0. The van der Waals surface area contributed by atoms with Crippen molar-refractivity contribution in [1.29, 1.82) is 0 Å². The number of methoxy groups -OCH3 is 1. The Balaban J connectivity index is 2.20. The Labute approximate surface area is 90.4 Å². The Morgan fingerprint density at radius 3 is 2.64 bits per heavy atom. The van der Waals surface area contributed by atoms with E-state index in [2.05, 4.69) is 0 Å². The van der Waals surface area contributed by atoms with E-state index < -0.39 is 0 Å². The molecule has 0 radical (unpaired) electrons. The molecule has 1 amide bonds. The van der Waals surface area contributed by atoms with Crippen molar-refractivity contribution in [3.8, 4) is 0 Å². The van der Waals surface area contributed by atoms with Crippen molar-refractivity contribution >= 4 is 17.5 Å². The number of alkyl halides is 1. The third-order valence-corrected chi connectivity index (χ3v) is 3.04. The predicted molar refractivity (Wildman–Crippen MR) is 56.5 cm³/mol. The van der Waals surface area contributed by atoms with Crippen LogP contribution >= 0.6 is 11.6 Å². The quantitative estimate of drug-likeness (QED) is 0.671. The second kappa shape index (κ2) is 6.25. The van der Waals surface area contributed by atoms with Gasteiger partial charge in [-0.05, 0) is 25.2 Å². The van der Waals surface area contributed by atoms with Gasteiger partial charge in [0.25, 0.3) is 0 Å². The van der Waals surface area contributed by atoms with Crippen LogP contribution in [0.2, 0.25) is 0 Å². The van der Waals surface area contributed by atoms with E-state index in [-0.39, 0.29) is 11.8 Å². The molecule has 14 heavy (non-hydrogen) atoms. The van der Waals surface area contributed by atoms with Crippen molar-refractivity contribution in [2.75, 3.05) is 32.7 Å². The fraction of sp³-hybridized carbons (Fsp3) is 0.900. The Kier molecular flexibility index (Phi) is 5.26. The van der Waals surface area contributed by atoms with Crippen molar-refractivity contribution in [3.05, 3.63) is 0 Å². The average Bonchev–Trinajstić information content (AvgIpc) is 2.26. The molecule has 3 nitrogen and oxygen atoms in total. The molecule has 0 saturated carbocycles. The van der Waals surface area contributed by atoms with Gasteiger partial charge in [0, 0.05) is 26.8 Å². The predicted octanol–water partition coefficient (Wildman–Crippen LogP) is 1.50. The zero-order chi connectivity index (χ0) is 10.4. The zero-order valence-electron chi connectivity index (χ0n) is 8.67. The highest BCUT2D eigenvalue weighted by Gasteiger charge is 2.21. The lowest BCUT2D eigenvalue weighted by molar-refractivity contribution is -0.129. The molecule has 1 heterocycles. The molecule has 1 saturated heterocycles. The van der Waals surface area contributed by atoms with Crippen molar-refractivity contribution in [1.82, 2.24) is 4.90 Å². The van der Waals surface area contributed by atoms with Gasteiger partial charge < -0.3 is 9.64 Å². The van der Waals surface area contributed by atoms with Crippen LogP contribution in [-0.2, 0) is 9.53 Å². The highest BCUT2D eigenvalue weighted by molar-refractivity contribution is 6.27. The summed E-state index contributed by atoms with van der Waals surface area (Å²) in [6.07, 6.45) is 3.29. The fourth-order valence-corrected chi connectivity index (χ4v) is 2.01. The molecule has 0 aromatic carbocycles. The number of halogens is 1. The van der Waals surface area contributed by atoms with E-state index in [1.54, 1.807) is 7.11 Å². The maximum Gasteiger partial charge on any atom is 0.237 e. The second-order valence-corrected chi connectivity index (χ2v) is 4.01. The van der Waals surface area contributed by atoms with Crippen LogP contribution in [0.25, 0.3) is 0 Å². The van der Waals surface area contributed by atoms with E-state index in [1.807, 2.05) is 4.90 Å². The van der Waals surface area contributed by atoms with Gasteiger partial charge in [0.05, 0.1) is 0 Å². The Hall–Kier alpha value is -0.280. The van der Waals surface area contributed by atoms with Crippen molar-refractivity contribution in [2.45, 2.75) is 19.3 Å². The number of rotatable bonds is 4. The molecule has 4 heteroatoms. The molecule has 0 N–H and O–H groups in total. The summed E-state index contributed by atoms with van der Waals surface area (Å²) in [6.45, 7) is 2.55. The van der Waals surface area contributed by atoms with Gasteiger partial charge >= 0.3 is 0 Å². The van der Waals surface area contributed by atoms with E-state index in [9.17, 15) is 4.79 Å². The summed E-state index contributed by atoms with van der Waals surface area (Å²) in [4.78, 5) is 13.1. The smallest absolute Gasteiger partial charge is 0.237 e. The minimum Gasteiger partial charge on any atom is -0.385 e. The van der Waals surface area contributed by atoms with Gasteiger partial charge in [0.1, 0.15) is 5.88 Å². The van der Waals surface area contributed by atoms with Crippen LogP contribution in [0.1, 0.15) is 19.3 Å². The molecule has 0 aromatic heterocycles. The molecule has 0 aliphatic carbocycles. The summed E-state index contributed by atoms with van der Waals surface area (Å²) >= 11 is 5.49. The monoisotopic (exact) mass is 219 g/mol. The number of carbonyl (C=O) groups excluding carboxylic acids is 1. The standard InChI is InChI=1S/C10H18ClNO2/c1-14-7-4-9-2-5-12(6-3-9)10(13)8-11/h9H,2-8H2,1H3. The van der Waals surface area contributed by atoms with Crippen LogP contribution < -0.4 is 0 Å². The molecule has 82 valence electrons. The lowest BCUT2D eigenvalue weighted by Crippen LogP contribution is -2.39. The van der Waals surface area contributed by atoms with E-state index >= 15 is 0 Å². The number of likely N-dealkylation sites (tertiary alicyclic amines) is 1. The summed E-state index contributed by atoms with van der Waals surface area (Å²) in [5.41, 5.74) is 0. The highest BCUT2D eigenvalue weighted by Crippen LogP contribution is 2.20. The second-order valence-electron chi connectivity index (χ2n) is 3.74. The number of piperidine rings is 1. The molecule has 0 unspecified atom stereocenters. The van der Waals surface area contributed by atoms with Crippen LogP contribution in [0.15, 0.2) is 0 Å². The van der Waals surface area contributed by atoms with E-state index in [4.69, 9.17) is 16.3 Å². The maximum atomic E-state index is 11.3. The van der Waals surface area contributed by atoms with Gasteiger partial charge in [-0.2, -0.15) is 0 Å². The molecule has 0 aromatic rings. The topological polar surface area (TPSA) is 29.5 Å². The Morgan fingerprint density at radius 1 is 1.50 bits per heavy atom. The summed E-state index contributed by atoms with van der Waals surface area (Å²) in [5.74, 6) is 0.897. The largest absolute Gasteiger partial charge is 0.385 e. The van der Waals surface area contributed by atoms with Crippen LogP contribution in [0.5, 0.6) is 0 Å². The Morgan fingerprint density at radius 2 is 2.14 bits per heavy atom. The molecule has 0 bridgehead atoms. The minimum absolute atomic E-state index is 0.0665. The van der Waals surface area contributed by atoms with Crippen molar-refractivity contribution in [3.63, 3.8) is 0 Å². The molecule has 1 fully saturated rings. The third-order valence-electron chi connectivity index (χ3n) is 2.81. The number of ether oxygens (including phenoxy) is 1. The maximum absolute atomic E-state index is 11.3. The van der Waals surface area contributed by atoms with Gasteiger partial charge in [-0.1, -0.05) is 0 Å². The number of hydrogen-bond donors (Lipinski definition) is 0. The molecule has 0 spiro atoms. The molecular weight excluding hydrogens is 202 g/mol. The summed E-state index contributed by atoms with van der Waals surface area (Å²) < 4.78 is 5.04. The minimum atomic E-state index is 0.0665. The first-order chi connectivity index (χ1) is 6.77. The first kappa shape index (κ1) is 11.8. The fourth-order valence-electron chi connectivity index (χ4n) is 1.84.